The van der Waals surface area contributed by atoms with Gasteiger partial charge in [0.2, 0.25) is 0 Å². The lowest BCUT2D eigenvalue weighted by Gasteiger charge is -2.60. The third kappa shape index (κ3) is 2.63. The highest BCUT2D eigenvalue weighted by Crippen LogP contribution is 2.67. The molecule has 27 heavy (non-hydrogen) atoms. The molecule has 4 fully saturated rings. The molecular formula is C22H34N4O. The van der Waals surface area contributed by atoms with Gasteiger partial charge in [0.25, 0.3) is 0 Å². The number of tetrazole rings is 1. The van der Waals surface area contributed by atoms with Crippen LogP contribution in [0, 0.1) is 40.4 Å². The fourth-order valence-corrected chi connectivity index (χ4v) is 8.35. The lowest BCUT2D eigenvalue weighted by atomic mass is 9.45. The van der Waals surface area contributed by atoms with Crippen LogP contribution >= 0.6 is 0 Å². The second kappa shape index (κ2) is 6.38. The Morgan fingerprint density at radius 1 is 1.00 bits per heavy atom. The predicted octanol–water partition coefficient (Wildman–Crippen LogP) is 4.29. The van der Waals surface area contributed by atoms with Crippen LogP contribution in [-0.2, 0) is 11.3 Å². The molecule has 4 aliphatic rings. The van der Waals surface area contributed by atoms with E-state index in [9.17, 15) is 4.79 Å². The molecule has 0 saturated heterocycles. The minimum absolute atomic E-state index is 0.199. The van der Waals surface area contributed by atoms with Crippen molar-refractivity contribution in [2.45, 2.75) is 84.6 Å². The van der Waals surface area contributed by atoms with Gasteiger partial charge in [0.1, 0.15) is 12.9 Å². The van der Waals surface area contributed by atoms with E-state index in [1.807, 2.05) is 0 Å². The van der Waals surface area contributed by atoms with E-state index in [1.54, 1.807) is 11.0 Å². The Hall–Kier alpha value is -1.26. The van der Waals surface area contributed by atoms with Gasteiger partial charge in [-0.1, -0.05) is 26.7 Å². The number of rotatable bonds is 3. The molecular weight excluding hydrogens is 336 g/mol. The van der Waals surface area contributed by atoms with E-state index in [2.05, 4.69) is 29.4 Å². The van der Waals surface area contributed by atoms with Crippen LogP contribution in [0.3, 0.4) is 0 Å². The third-order valence-corrected chi connectivity index (χ3v) is 9.68. The van der Waals surface area contributed by atoms with Gasteiger partial charge in [-0.3, -0.25) is 4.79 Å². The van der Waals surface area contributed by atoms with Crippen LogP contribution in [0.15, 0.2) is 6.33 Å². The Kier molecular flexibility index (Phi) is 4.21. The summed E-state index contributed by atoms with van der Waals surface area (Å²) in [6, 6.07) is 0. The van der Waals surface area contributed by atoms with Crippen molar-refractivity contribution in [2.24, 2.45) is 40.4 Å². The highest BCUT2D eigenvalue weighted by molar-refractivity contribution is 5.82. The van der Waals surface area contributed by atoms with Gasteiger partial charge in [0.05, 0.1) is 0 Å². The summed E-state index contributed by atoms with van der Waals surface area (Å²) in [5.41, 5.74) is 0.779. The van der Waals surface area contributed by atoms with Crippen molar-refractivity contribution in [1.29, 1.82) is 0 Å². The van der Waals surface area contributed by atoms with Gasteiger partial charge < -0.3 is 0 Å². The standard InChI is InChI=1S/C22H34N4O/c1-21-11-4-3-5-15(21)6-7-16-17-8-9-19(22(17,2)12-10-18(16)21)20(27)13-26-14-23-24-25-26/h14-19H,3-13H2,1-2H3/t15-,16-,17-,18-,19+,21-,22-/m0/s1. The molecule has 0 amide bonds. The maximum absolute atomic E-state index is 13.1. The van der Waals surface area contributed by atoms with Gasteiger partial charge in [-0.2, -0.15) is 0 Å². The van der Waals surface area contributed by atoms with Crippen LogP contribution in [0.1, 0.15) is 78.1 Å². The monoisotopic (exact) mass is 370 g/mol. The summed E-state index contributed by atoms with van der Waals surface area (Å²) in [4.78, 5) is 13.1. The van der Waals surface area contributed by atoms with Gasteiger partial charge in [0.15, 0.2) is 5.78 Å². The van der Waals surface area contributed by atoms with Crippen molar-refractivity contribution in [3.05, 3.63) is 6.33 Å². The van der Waals surface area contributed by atoms with Gasteiger partial charge in [-0.15, -0.1) is 5.10 Å². The molecule has 0 aliphatic heterocycles. The van der Waals surface area contributed by atoms with Gasteiger partial charge in [-0.25, -0.2) is 4.68 Å². The number of Topliss-reactive ketones (excluding diaryl/α,β-unsaturated/α-hetero) is 1. The van der Waals surface area contributed by atoms with Gasteiger partial charge in [-0.05, 0) is 96.3 Å². The summed E-state index contributed by atoms with van der Waals surface area (Å²) in [7, 11) is 0. The first-order valence-corrected chi connectivity index (χ1v) is 11.3. The summed E-state index contributed by atoms with van der Waals surface area (Å²) in [6.45, 7) is 5.41. The Morgan fingerprint density at radius 2 is 1.85 bits per heavy atom. The van der Waals surface area contributed by atoms with Crippen LogP contribution < -0.4 is 0 Å². The average molecular weight is 371 g/mol. The molecule has 7 atom stereocenters. The Bertz CT molecular complexity index is 703. The minimum Gasteiger partial charge on any atom is -0.297 e. The fraction of sp³-hybridized carbons (Fsp3) is 0.909. The topological polar surface area (TPSA) is 60.7 Å². The average Bonchev–Trinajstić information content (AvgIpc) is 3.28. The van der Waals surface area contributed by atoms with E-state index in [1.165, 1.54) is 57.8 Å². The predicted molar refractivity (Wildman–Crippen MR) is 103 cm³/mol. The number of fused-ring (bicyclic) bond motifs is 5. The first-order chi connectivity index (χ1) is 13.0. The summed E-state index contributed by atoms with van der Waals surface area (Å²) >= 11 is 0. The smallest absolute Gasteiger partial charge is 0.158 e. The summed E-state index contributed by atoms with van der Waals surface area (Å²) in [5, 5.41) is 11.3. The molecule has 1 aromatic heterocycles. The number of nitrogens with zero attached hydrogens (tertiary/aromatic N) is 4. The van der Waals surface area contributed by atoms with Crippen molar-refractivity contribution in [3.63, 3.8) is 0 Å². The molecule has 5 rings (SSSR count). The van der Waals surface area contributed by atoms with E-state index >= 15 is 0 Å². The fourth-order valence-electron chi connectivity index (χ4n) is 8.35. The lowest BCUT2D eigenvalue weighted by molar-refractivity contribution is -0.135. The van der Waals surface area contributed by atoms with E-state index in [0.717, 1.165) is 30.1 Å². The number of carbonyl (C=O) groups excluding carboxylic acids is 1. The highest BCUT2D eigenvalue weighted by atomic mass is 16.1. The van der Waals surface area contributed by atoms with Crippen LogP contribution in [-0.4, -0.2) is 26.0 Å². The van der Waals surface area contributed by atoms with Crippen molar-refractivity contribution in [3.8, 4) is 0 Å². The van der Waals surface area contributed by atoms with E-state index in [0.29, 0.717) is 17.7 Å². The normalized spacial score (nSPS) is 46.4. The minimum atomic E-state index is 0.199. The molecule has 5 nitrogen and oxygen atoms in total. The number of aromatic nitrogens is 4. The molecule has 1 aromatic rings. The largest absolute Gasteiger partial charge is 0.297 e. The third-order valence-electron chi connectivity index (χ3n) is 9.68. The summed E-state index contributed by atoms with van der Waals surface area (Å²) < 4.78 is 1.60. The number of hydrogen-bond acceptors (Lipinski definition) is 4. The molecule has 4 saturated carbocycles. The summed E-state index contributed by atoms with van der Waals surface area (Å²) in [6.07, 6.45) is 15.1. The van der Waals surface area contributed by atoms with Crippen LogP contribution in [0.25, 0.3) is 0 Å². The van der Waals surface area contributed by atoms with Crippen LogP contribution in [0.5, 0.6) is 0 Å². The van der Waals surface area contributed by atoms with E-state index < -0.39 is 0 Å². The molecule has 4 aliphatic carbocycles. The van der Waals surface area contributed by atoms with E-state index in [-0.39, 0.29) is 11.3 Å². The van der Waals surface area contributed by atoms with Crippen LogP contribution in [0.2, 0.25) is 0 Å². The molecule has 0 N–H and O–H groups in total. The molecule has 0 bridgehead atoms. The summed E-state index contributed by atoms with van der Waals surface area (Å²) in [5.74, 6) is 4.03. The van der Waals surface area contributed by atoms with Crippen molar-refractivity contribution < 1.29 is 4.79 Å². The number of carbonyl (C=O) groups is 1. The number of ketones is 1. The van der Waals surface area contributed by atoms with Crippen molar-refractivity contribution >= 4 is 5.78 Å². The molecule has 1 heterocycles. The van der Waals surface area contributed by atoms with E-state index in [4.69, 9.17) is 0 Å². The van der Waals surface area contributed by atoms with Crippen molar-refractivity contribution in [2.75, 3.05) is 0 Å². The molecule has 0 spiro atoms. The first kappa shape index (κ1) is 17.8. The molecule has 148 valence electrons. The Morgan fingerprint density at radius 3 is 2.67 bits per heavy atom. The maximum Gasteiger partial charge on any atom is 0.158 e. The zero-order chi connectivity index (χ0) is 18.6. The highest BCUT2D eigenvalue weighted by Gasteiger charge is 2.60. The van der Waals surface area contributed by atoms with Crippen LogP contribution in [0.4, 0.5) is 0 Å². The molecule has 5 heteroatoms. The van der Waals surface area contributed by atoms with Crippen molar-refractivity contribution in [1.82, 2.24) is 20.2 Å². The van der Waals surface area contributed by atoms with Gasteiger partial charge >= 0.3 is 0 Å². The molecule has 0 radical (unpaired) electrons. The second-order valence-corrected chi connectivity index (χ2v) is 10.6. The molecule has 0 aromatic carbocycles. The Labute approximate surface area is 162 Å². The molecule has 0 unspecified atom stereocenters. The zero-order valence-electron chi connectivity index (χ0n) is 16.9. The maximum atomic E-state index is 13.1. The zero-order valence-corrected chi connectivity index (χ0v) is 16.9. The SMILES string of the molecule is C[C@]12CCCC[C@H]1CC[C@@H]1[C@@H]2CC[C@]2(C)[C@@H](C(=O)Cn3cnnn3)CC[C@@H]12. The van der Waals surface area contributed by atoms with Gasteiger partial charge in [0, 0.05) is 5.92 Å². The second-order valence-electron chi connectivity index (χ2n) is 10.6. The number of hydrogen-bond donors (Lipinski definition) is 0. The quantitative estimate of drug-likeness (QED) is 0.796. The first-order valence-electron chi connectivity index (χ1n) is 11.3. The lowest BCUT2D eigenvalue weighted by Crippen LogP contribution is -2.53. The Balaban J connectivity index is 1.37.